The number of rotatable bonds is 16. The predicted molar refractivity (Wildman–Crippen MR) is 126 cm³/mol. The average Bonchev–Trinajstić information content (AvgIpc) is 2.77. The summed E-state index contributed by atoms with van der Waals surface area (Å²) >= 11 is 0. The molecule has 0 saturated heterocycles. The van der Waals surface area contributed by atoms with Gasteiger partial charge >= 0.3 is 0 Å². The molecule has 1 aromatic carbocycles. The molecule has 0 saturated carbocycles. The first kappa shape index (κ1) is 24.5. The van der Waals surface area contributed by atoms with Crippen molar-refractivity contribution in [3.8, 4) is 11.4 Å². The van der Waals surface area contributed by atoms with Crippen LogP contribution in [0, 0.1) is 5.82 Å². The highest BCUT2D eigenvalue weighted by Crippen LogP contribution is 2.21. The zero-order valence-electron chi connectivity index (χ0n) is 19.3. The quantitative estimate of drug-likeness (QED) is 0.258. The Labute approximate surface area is 183 Å². The second-order valence-electron chi connectivity index (χ2n) is 8.61. The highest BCUT2D eigenvalue weighted by molar-refractivity contribution is 5.55. The van der Waals surface area contributed by atoms with Crippen LogP contribution >= 0.6 is 0 Å². The Morgan fingerprint density at radius 3 is 1.77 bits per heavy atom. The standard InChI is InChI=1S/C27H41FN2/c1-3-5-7-9-10-11-13-14-16-23-21-29-27(30-22-23)25-19-18-24(26(28)20-25)17-15-12-8-6-4-2/h18-22H,3-17H2,1-2H3. The molecule has 166 valence electrons. The summed E-state index contributed by atoms with van der Waals surface area (Å²) in [5, 5.41) is 0. The molecule has 0 radical (unpaired) electrons. The maximum absolute atomic E-state index is 14.5. The van der Waals surface area contributed by atoms with Crippen molar-refractivity contribution in [2.45, 2.75) is 110 Å². The number of unbranched alkanes of at least 4 members (excludes halogenated alkanes) is 11. The molecular formula is C27H41FN2. The fourth-order valence-electron chi connectivity index (χ4n) is 3.90. The van der Waals surface area contributed by atoms with Crippen LogP contribution in [0.2, 0.25) is 0 Å². The van der Waals surface area contributed by atoms with Crippen LogP contribution in [-0.4, -0.2) is 9.97 Å². The van der Waals surface area contributed by atoms with Gasteiger partial charge in [-0.2, -0.15) is 0 Å². The molecule has 30 heavy (non-hydrogen) atoms. The highest BCUT2D eigenvalue weighted by atomic mass is 19.1. The number of nitrogens with zero attached hydrogens (tertiary/aromatic N) is 2. The van der Waals surface area contributed by atoms with E-state index in [0.717, 1.165) is 30.4 Å². The third kappa shape index (κ3) is 9.36. The predicted octanol–water partition coefficient (Wildman–Crippen LogP) is 8.48. The first-order valence-corrected chi connectivity index (χ1v) is 12.3. The van der Waals surface area contributed by atoms with Crippen molar-refractivity contribution in [2.75, 3.05) is 0 Å². The zero-order chi connectivity index (χ0) is 21.4. The molecule has 0 atom stereocenters. The monoisotopic (exact) mass is 412 g/mol. The molecule has 0 N–H and O–H groups in total. The van der Waals surface area contributed by atoms with Gasteiger partial charge in [0.2, 0.25) is 0 Å². The maximum Gasteiger partial charge on any atom is 0.159 e. The second kappa shape index (κ2) is 15.1. The van der Waals surface area contributed by atoms with E-state index in [1.54, 1.807) is 6.07 Å². The molecule has 1 aromatic heterocycles. The van der Waals surface area contributed by atoms with Crippen LogP contribution in [0.25, 0.3) is 11.4 Å². The molecule has 0 fully saturated rings. The minimum atomic E-state index is -0.130. The number of aryl methyl sites for hydroxylation is 2. The second-order valence-corrected chi connectivity index (χ2v) is 8.61. The van der Waals surface area contributed by atoms with Gasteiger partial charge in [0, 0.05) is 18.0 Å². The summed E-state index contributed by atoms with van der Waals surface area (Å²) in [5.74, 6) is 0.484. The van der Waals surface area contributed by atoms with Crippen LogP contribution in [0.3, 0.4) is 0 Å². The van der Waals surface area contributed by atoms with Gasteiger partial charge in [-0.05, 0) is 42.9 Å². The van der Waals surface area contributed by atoms with Crippen molar-refractivity contribution in [1.82, 2.24) is 9.97 Å². The Bertz CT molecular complexity index is 697. The molecule has 0 aliphatic rings. The van der Waals surface area contributed by atoms with Gasteiger partial charge < -0.3 is 0 Å². The Morgan fingerprint density at radius 1 is 0.667 bits per heavy atom. The normalized spacial score (nSPS) is 11.2. The Morgan fingerprint density at radius 2 is 1.20 bits per heavy atom. The largest absolute Gasteiger partial charge is 0.236 e. The van der Waals surface area contributed by atoms with E-state index < -0.39 is 0 Å². The summed E-state index contributed by atoms with van der Waals surface area (Å²) < 4.78 is 14.5. The van der Waals surface area contributed by atoms with E-state index in [-0.39, 0.29) is 5.82 Å². The van der Waals surface area contributed by atoms with Crippen molar-refractivity contribution in [1.29, 1.82) is 0 Å². The molecule has 2 rings (SSSR count). The topological polar surface area (TPSA) is 25.8 Å². The van der Waals surface area contributed by atoms with Gasteiger partial charge in [0.05, 0.1) is 0 Å². The van der Waals surface area contributed by atoms with Gasteiger partial charge in [0.15, 0.2) is 5.82 Å². The zero-order valence-corrected chi connectivity index (χ0v) is 19.3. The average molecular weight is 413 g/mol. The van der Waals surface area contributed by atoms with E-state index in [2.05, 4.69) is 23.8 Å². The van der Waals surface area contributed by atoms with Crippen LogP contribution in [0.4, 0.5) is 4.39 Å². The van der Waals surface area contributed by atoms with E-state index in [0.29, 0.717) is 5.82 Å². The molecule has 3 heteroatoms. The Kier molecular flexibility index (Phi) is 12.3. The molecule has 0 aliphatic heterocycles. The van der Waals surface area contributed by atoms with Crippen LogP contribution in [0.1, 0.15) is 108 Å². The van der Waals surface area contributed by atoms with Crippen molar-refractivity contribution < 1.29 is 4.39 Å². The van der Waals surface area contributed by atoms with E-state index in [1.165, 1.54) is 82.6 Å². The number of hydrogen-bond acceptors (Lipinski definition) is 2. The third-order valence-electron chi connectivity index (χ3n) is 5.89. The van der Waals surface area contributed by atoms with E-state index in [1.807, 2.05) is 24.5 Å². The molecule has 0 amide bonds. The van der Waals surface area contributed by atoms with Crippen molar-refractivity contribution in [3.63, 3.8) is 0 Å². The Hall–Kier alpha value is -1.77. The van der Waals surface area contributed by atoms with Crippen molar-refractivity contribution in [2.24, 2.45) is 0 Å². The first-order valence-electron chi connectivity index (χ1n) is 12.3. The van der Waals surface area contributed by atoms with Crippen molar-refractivity contribution >= 4 is 0 Å². The molecule has 2 nitrogen and oxygen atoms in total. The third-order valence-corrected chi connectivity index (χ3v) is 5.89. The van der Waals surface area contributed by atoms with E-state index in [9.17, 15) is 4.39 Å². The lowest BCUT2D eigenvalue weighted by atomic mass is 10.0. The molecule has 0 unspecified atom stereocenters. The summed E-state index contributed by atoms with van der Waals surface area (Å²) in [6.45, 7) is 4.47. The van der Waals surface area contributed by atoms with Gasteiger partial charge in [0.25, 0.3) is 0 Å². The smallest absolute Gasteiger partial charge is 0.159 e. The van der Waals surface area contributed by atoms with E-state index >= 15 is 0 Å². The number of benzene rings is 1. The van der Waals surface area contributed by atoms with Crippen LogP contribution in [0.15, 0.2) is 30.6 Å². The first-order chi connectivity index (χ1) is 14.7. The summed E-state index contributed by atoms with van der Waals surface area (Å²) in [6, 6.07) is 5.45. The summed E-state index contributed by atoms with van der Waals surface area (Å²) in [6.07, 6.45) is 22.2. The van der Waals surface area contributed by atoms with Gasteiger partial charge in [-0.25, -0.2) is 14.4 Å². The minimum absolute atomic E-state index is 0.130. The minimum Gasteiger partial charge on any atom is -0.236 e. The molecule has 0 bridgehead atoms. The van der Waals surface area contributed by atoms with Crippen LogP contribution < -0.4 is 0 Å². The number of halogens is 1. The molecule has 2 aromatic rings. The number of hydrogen-bond donors (Lipinski definition) is 0. The lowest BCUT2D eigenvalue weighted by molar-refractivity contribution is 0.575. The van der Waals surface area contributed by atoms with Crippen LogP contribution in [0.5, 0.6) is 0 Å². The molecular weight excluding hydrogens is 371 g/mol. The summed E-state index contributed by atoms with van der Waals surface area (Å²) in [7, 11) is 0. The van der Waals surface area contributed by atoms with Gasteiger partial charge in [0.1, 0.15) is 5.82 Å². The van der Waals surface area contributed by atoms with Crippen LogP contribution in [-0.2, 0) is 12.8 Å². The fraction of sp³-hybridized carbons (Fsp3) is 0.630. The molecule has 1 heterocycles. The van der Waals surface area contributed by atoms with Gasteiger partial charge in [-0.15, -0.1) is 0 Å². The Balaban J connectivity index is 1.74. The molecule has 0 spiro atoms. The summed E-state index contributed by atoms with van der Waals surface area (Å²) in [4.78, 5) is 8.97. The maximum atomic E-state index is 14.5. The SMILES string of the molecule is CCCCCCCCCCc1cnc(-c2ccc(CCCCCCC)c(F)c2)nc1. The number of aromatic nitrogens is 2. The fourth-order valence-corrected chi connectivity index (χ4v) is 3.90. The summed E-state index contributed by atoms with van der Waals surface area (Å²) in [5.41, 5.74) is 2.75. The van der Waals surface area contributed by atoms with Crippen molar-refractivity contribution in [3.05, 3.63) is 47.5 Å². The lowest BCUT2D eigenvalue weighted by Crippen LogP contribution is -1.96. The van der Waals surface area contributed by atoms with Gasteiger partial charge in [-0.3, -0.25) is 0 Å². The van der Waals surface area contributed by atoms with Gasteiger partial charge in [-0.1, -0.05) is 96.6 Å². The molecule has 0 aliphatic carbocycles. The lowest BCUT2D eigenvalue weighted by Gasteiger charge is -2.07. The highest BCUT2D eigenvalue weighted by Gasteiger charge is 2.07. The van der Waals surface area contributed by atoms with E-state index in [4.69, 9.17) is 0 Å².